The molecule has 1 aromatic carbocycles. The van der Waals surface area contributed by atoms with Gasteiger partial charge in [-0.3, -0.25) is 4.79 Å². The molecule has 0 aliphatic heterocycles. The Balaban J connectivity index is 1.84. The lowest BCUT2D eigenvalue weighted by molar-refractivity contribution is 0.0902. The van der Waals surface area contributed by atoms with E-state index in [0.717, 1.165) is 37.1 Å². The lowest BCUT2D eigenvalue weighted by Gasteiger charge is -2.28. The van der Waals surface area contributed by atoms with Crippen LogP contribution in [0.4, 0.5) is 4.39 Å². The third kappa shape index (κ3) is 2.99. The molecule has 0 spiro atoms. The monoisotopic (exact) mass is 316 g/mol. The third-order valence-electron chi connectivity index (χ3n) is 4.66. The van der Waals surface area contributed by atoms with E-state index in [9.17, 15) is 9.18 Å². The summed E-state index contributed by atoms with van der Waals surface area (Å²) in [5.41, 5.74) is 7.55. The largest absolute Gasteiger partial charge is 0.345 e. The summed E-state index contributed by atoms with van der Waals surface area (Å²) in [6, 6.07) is 6.01. The van der Waals surface area contributed by atoms with Crippen LogP contribution in [-0.2, 0) is 0 Å². The second-order valence-corrected chi connectivity index (χ2v) is 6.18. The SMILES string of the molecule is Cc1c(C(=O)NC2(CN)CCCC2)cnn1-c1ccc(F)cc1. The lowest BCUT2D eigenvalue weighted by Crippen LogP contribution is -2.51. The Morgan fingerprint density at radius 3 is 2.61 bits per heavy atom. The maximum Gasteiger partial charge on any atom is 0.255 e. The van der Waals surface area contributed by atoms with Crippen molar-refractivity contribution in [2.75, 3.05) is 6.54 Å². The minimum atomic E-state index is -0.303. The summed E-state index contributed by atoms with van der Waals surface area (Å²) in [6.45, 7) is 2.28. The Labute approximate surface area is 134 Å². The molecule has 1 aliphatic carbocycles. The van der Waals surface area contributed by atoms with Crippen molar-refractivity contribution < 1.29 is 9.18 Å². The Hall–Kier alpha value is -2.21. The highest BCUT2D eigenvalue weighted by Gasteiger charge is 2.34. The predicted molar refractivity (Wildman–Crippen MR) is 86.0 cm³/mol. The van der Waals surface area contributed by atoms with Crippen molar-refractivity contribution in [3.8, 4) is 5.69 Å². The van der Waals surface area contributed by atoms with Gasteiger partial charge in [0.25, 0.3) is 5.91 Å². The molecular weight excluding hydrogens is 295 g/mol. The topological polar surface area (TPSA) is 72.9 Å². The average Bonchev–Trinajstić information content (AvgIpc) is 3.16. The van der Waals surface area contributed by atoms with E-state index >= 15 is 0 Å². The summed E-state index contributed by atoms with van der Waals surface area (Å²) in [5, 5.41) is 7.36. The molecule has 0 bridgehead atoms. The van der Waals surface area contributed by atoms with Gasteiger partial charge in [-0.05, 0) is 44.0 Å². The van der Waals surface area contributed by atoms with E-state index in [-0.39, 0.29) is 17.3 Å². The van der Waals surface area contributed by atoms with E-state index in [1.807, 2.05) is 6.92 Å². The average molecular weight is 316 g/mol. The number of benzene rings is 1. The molecule has 5 nitrogen and oxygen atoms in total. The number of halogens is 1. The van der Waals surface area contributed by atoms with Crippen LogP contribution in [0.2, 0.25) is 0 Å². The zero-order valence-electron chi connectivity index (χ0n) is 13.2. The van der Waals surface area contributed by atoms with Crippen molar-refractivity contribution in [2.45, 2.75) is 38.1 Å². The predicted octanol–water partition coefficient (Wildman–Crippen LogP) is 2.32. The lowest BCUT2D eigenvalue weighted by atomic mass is 9.97. The van der Waals surface area contributed by atoms with E-state index in [4.69, 9.17) is 5.73 Å². The number of nitrogens with two attached hydrogens (primary N) is 1. The van der Waals surface area contributed by atoms with Crippen LogP contribution in [0.15, 0.2) is 30.5 Å². The summed E-state index contributed by atoms with van der Waals surface area (Å²) in [7, 11) is 0. The maximum absolute atomic E-state index is 13.0. The molecule has 6 heteroatoms. The summed E-state index contributed by atoms with van der Waals surface area (Å²) in [6.07, 6.45) is 5.56. The fraction of sp³-hybridized carbons (Fsp3) is 0.412. The number of carbonyl (C=O) groups is 1. The van der Waals surface area contributed by atoms with Crippen LogP contribution >= 0.6 is 0 Å². The van der Waals surface area contributed by atoms with Gasteiger partial charge in [-0.15, -0.1) is 0 Å². The van der Waals surface area contributed by atoms with Crippen LogP contribution in [0.5, 0.6) is 0 Å². The molecule has 1 saturated carbocycles. The molecule has 1 aliphatic rings. The molecule has 2 aromatic rings. The zero-order valence-corrected chi connectivity index (χ0v) is 13.2. The van der Waals surface area contributed by atoms with E-state index in [1.54, 1.807) is 23.0 Å². The molecule has 1 amide bonds. The summed E-state index contributed by atoms with van der Waals surface area (Å²) >= 11 is 0. The molecule has 0 atom stereocenters. The van der Waals surface area contributed by atoms with Gasteiger partial charge in [0.15, 0.2) is 0 Å². The van der Waals surface area contributed by atoms with Gasteiger partial charge in [-0.25, -0.2) is 9.07 Å². The van der Waals surface area contributed by atoms with Crippen LogP contribution < -0.4 is 11.1 Å². The zero-order chi connectivity index (χ0) is 16.4. The molecule has 1 fully saturated rings. The number of amides is 1. The van der Waals surface area contributed by atoms with Crippen molar-refractivity contribution in [1.29, 1.82) is 0 Å². The van der Waals surface area contributed by atoms with E-state index in [1.165, 1.54) is 12.1 Å². The van der Waals surface area contributed by atoms with Gasteiger partial charge < -0.3 is 11.1 Å². The first-order valence-electron chi connectivity index (χ1n) is 7.88. The van der Waals surface area contributed by atoms with Gasteiger partial charge in [0.1, 0.15) is 5.82 Å². The molecule has 0 radical (unpaired) electrons. The van der Waals surface area contributed by atoms with Crippen molar-refractivity contribution in [1.82, 2.24) is 15.1 Å². The van der Waals surface area contributed by atoms with Crippen LogP contribution in [-0.4, -0.2) is 27.8 Å². The maximum atomic E-state index is 13.0. The van der Waals surface area contributed by atoms with Crippen LogP contribution in [0.1, 0.15) is 41.7 Å². The summed E-state index contributed by atoms with van der Waals surface area (Å²) in [4.78, 5) is 12.6. The number of nitrogens with one attached hydrogen (secondary N) is 1. The molecule has 0 unspecified atom stereocenters. The minimum Gasteiger partial charge on any atom is -0.345 e. The van der Waals surface area contributed by atoms with Gasteiger partial charge in [-0.1, -0.05) is 12.8 Å². The molecular formula is C17H21FN4O. The van der Waals surface area contributed by atoms with E-state index in [0.29, 0.717) is 12.1 Å². The quantitative estimate of drug-likeness (QED) is 0.909. The Morgan fingerprint density at radius 1 is 1.35 bits per heavy atom. The standard InChI is InChI=1S/C17H21FN4O/c1-12-15(16(23)21-17(11-19)8-2-3-9-17)10-20-22(12)14-6-4-13(18)5-7-14/h4-7,10H,2-3,8-9,11,19H2,1H3,(H,21,23). The molecule has 23 heavy (non-hydrogen) atoms. The van der Waals surface area contributed by atoms with Gasteiger partial charge in [-0.2, -0.15) is 5.10 Å². The first kappa shape index (κ1) is 15.7. The summed E-state index contributed by atoms with van der Waals surface area (Å²) < 4.78 is 14.7. The Bertz CT molecular complexity index is 702. The number of rotatable bonds is 4. The van der Waals surface area contributed by atoms with Crippen molar-refractivity contribution in [3.05, 3.63) is 47.5 Å². The highest BCUT2D eigenvalue weighted by molar-refractivity contribution is 5.95. The summed E-state index contributed by atoms with van der Waals surface area (Å²) in [5.74, 6) is -0.453. The number of hydrogen-bond donors (Lipinski definition) is 2. The fourth-order valence-corrected chi connectivity index (χ4v) is 3.22. The second kappa shape index (κ2) is 6.12. The first-order chi connectivity index (χ1) is 11.0. The van der Waals surface area contributed by atoms with Crippen LogP contribution in [0.3, 0.4) is 0 Å². The Morgan fingerprint density at radius 2 is 2.00 bits per heavy atom. The molecule has 1 heterocycles. The van der Waals surface area contributed by atoms with Crippen molar-refractivity contribution >= 4 is 5.91 Å². The first-order valence-corrected chi connectivity index (χ1v) is 7.88. The van der Waals surface area contributed by atoms with Crippen LogP contribution in [0, 0.1) is 12.7 Å². The van der Waals surface area contributed by atoms with Gasteiger partial charge in [0, 0.05) is 6.54 Å². The fourth-order valence-electron chi connectivity index (χ4n) is 3.22. The van der Waals surface area contributed by atoms with Gasteiger partial charge in [0.2, 0.25) is 0 Å². The molecule has 122 valence electrons. The van der Waals surface area contributed by atoms with Gasteiger partial charge >= 0.3 is 0 Å². The number of nitrogens with zero attached hydrogens (tertiary/aromatic N) is 2. The van der Waals surface area contributed by atoms with Crippen LogP contribution in [0.25, 0.3) is 5.69 Å². The molecule has 3 rings (SSSR count). The molecule has 3 N–H and O–H groups in total. The molecule has 1 aromatic heterocycles. The van der Waals surface area contributed by atoms with Crippen molar-refractivity contribution in [3.63, 3.8) is 0 Å². The smallest absolute Gasteiger partial charge is 0.255 e. The highest BCUT2D eigenvalue weighted by Crippen LogP contribution is 2.29. The number of aromatic nitrogens is 2. The normalized spacial score (nSPS) is 16.5. The third-order valence-corrected chi connectivity index (χ3v) is 4.66. The molecule has 0 saturated heterocycles. The minimum absolute atomic E-state index is 0.150. The Kier molecular flexibility index (Phi) is 4.17. The number of carbonyl (C=O) groups excluding carboxylic acids is 1. The van der Waals surface area contributed by atoms with E-state index < -0.39 is 0 Å². The highest BCUT2D eigenvalue weighted by atomic mass is 19.1. The number of hydrogen-bond acceptors (Lipinski definition) is 3. The van der Waals surface area contributed by atoms with Crippen molar-refractivity contribution in [2.24, 2.45) is 5.73 Å². The van der Waals surface area contributed by atoms with E-state index in [2.05, 4.69) is 10.4 Å². The second-order valence-electron chi connectivity index (χ2n) is 6.18. The van der Waals surface area contributed by atoms with Gasteiger partial charge in [0.05, 0.1) is 28.7 Å².